The highest BCUT2D eigenvalue weighted by atomic mass is 35.5. The molecule has 0 aliphatic carbocycles. The van der Waals surface area contributed by atoms with Crippen molar-refractivity contribution in [2.24, 2.45) is 0 Å². The van der Waals surface area contributed by atoms with Gasteiger partial charge in [-0.2, -0.15) is 0 Å². The molecule has 7 heteroatoms. The van der Waals surface area contributed by atoms with Crippen molar-refractivity contribution in [1.82, 2.24) is 9.88 Å². The van der Waals surface area contributed by atoms with Crippen molar-refractivity contribution in [3.8, 4) is 0 Å². The topological polar surface area (TPSA) is 74.4 Å². The van der Waals surface area contributed by atoms with E-state index in [1.165, 1.54) is 12.0 Å². The fourth-order valence-corrected chi connectivity index (χ4v) is 2.05. The number of aromatic amines is 1. The molecular formula is C15H16ClN3O3. The number of benzene rings is 1. The summed E-state index contributed by atoms with van der Waals surface area (Å²) in [5.41, 5.74) is 1.97. The molecule has 2 amide bonds. The van der Waals surface area contributed by atoms with Gasteiger partial charge in [0.1, 0.15) is 5.69 Å². The van der Waals surface area contributed by atoms with E-state index in [9.17, 15) is 9.59 Å². The van der Waals surface area contributed by atoms with Gasteiger partial charge in [0, 0.05) is 25.5 Å². The second kappa shape index (κ2) is 7.00. The molecule has 0 aliphatic rings. The van der Waals surface area contributed by atoms with Crippen LogP contribution >= 0.6 is 11.6 Å². The highest BCUT2D eigenvalue weighted by Gasteiger charge is 2.10. The fraction of sp³-hybridized carbons (Fsp3) is 0.200. The first-order valence-electron chi connectivity index (χ1n) is 6.53. The van der Waals surface area contributed by atoms with Gasteiger partial charge in [-0.15, -0.1) is 0 Å². The van der Waals surface area contributed by atoms with Crippen LogP contribution in [0.1, 0.15) is 16.1 Å². The van der Waals surface area contributed by atoms with Gasteiger partial charge in [-0.3, -0.25) is 4.79 Å². The number of ether oxygens (including phenoxy) is 1. The number of carbonyl (C=O) groups is 2. The molecule has 2 N–H and O–H groups in total. The molecule has 0 atom stereocenters. The molecule has 1 aromatic heterocycles. The Kier molecular flexibility index (Phi) is 5.06. The first-order chi connectivity index (χ1) is 10.5. The van der Waals surface area contributed by atoms with E-state index in [1.54, 1.807) is 31.4 Å². The summed E-state index contributed by atoms with van der Waals surface area (Å²) in [6.07, 6.45) is 1.14. The lowest BCUT2D eigenvalue weighted by Gasteiger charge is -2.15. The third kappa shape index (κ3) is 4.02. The lowest BCUT2D eigenvalue weighted by atomic mass is 10.2. The normalized spacial score (nSPS) is 10.1. The SMILES string of the molecule is COC(=O)N(C)Cc1ccc(NC(=O)c2cc(Cl)c[nH]2)cc1. The Hall–Kier alpha value is -2.47. The zero-order valence-electron chi connectivity index (χ0n) is 12.2. The lowest BCUT2D eigenvalue weighted by Crippen LogP contribution is -2.25. The number of H-pyrrole nitrogens is 1. The molecule has 22 heavy (non-hydrogen) atoms. The number of hydrogen-bond acceptors (Lipinski definition) is 3. The summed E-state index contributed by atoms with van der Waals surface area (Å²) in [7, 11) is 2.99. The Labute approximate surface area is 133 Å². The molecular weight excluding hydrogens is 306 g/mol. The Balaban J connectivity index is 1.97. The number of methoxy groups -OCH3 is 1. The Morgan fingerprint density at radius 2 is 2.00 bits per heavy atom. The van der Waals surface area contributed by atoms with Gasteiger partial charge >= 0.3 is 6.09 Å². The van der Waals surface area contributed by atoms with Crippen molar-refractivity contribution in [2.75, 3.05) is 19.5 Å². The monoisotopic (exact) mass is 321 g/mol. The largest absolute Gasteiger partial charge is 0.453 e. The number of nitrogens with one attached hydrogen (secondary N) is 2. The van der Waals surface area contributed by atoms with Crippen LogP contribution in [0.25, 0.3) is 0 Å². The zero-order valence-corrected chi connectivity index (χ0v) is 13.0. The smallest absolute Gasteiger partial charge is 0.409 e. The molecule has 0 radical (unpaired) electrons. The molecule has 1 aromatic carbocycles. The molecule has 0 fully saturated rings. The molecule has 0 saturated heterocycles. The molecule has 116 valence electrons. The van der Waals surface area contributed by atoms with Crippen LogP contribution in [0, 0.1) is 0 Å². The van der Waals surface area contributed by atoms with Crippen LogP contribution < -0.4 is 5.32 Å². The zero-order chi connectivity index (χ0) is 16.1. The molecule has 2 rings (SSSR count). The average Bonchev–Trinajstić information content (AvgIpc) is 2.95. The van der Waals surface area contributed by atoms with E-state index in [4.69, 9.17) is 11.6 Å². The number of halogens is 1. The Bertz CT molecular complexity index is 667. The van der Waals surface area contributed by atoms with Gasteiger partial charge in [0.15, 0.2) is 0 Å². The predicted octanol–water partition coefficient (Wildman–Crippen LogP) is 3.12. The van der Waals surface area contributed by atoms with Crippen LogP contribution in [0.15, 0.2) is 36.5 Å². The first-order valence-corrected chi connectivity index (χ1v) is 6.90. The van der Waals surface area contributed by atoms with E-state index >= 15 is 0 Å². The summed E-state index contributed by atoms with van der Waals surface area (Å²) in [5.74, 6) is -0.272. The standard InChI is InChI=1S/C15H16ClN3O3/c1-19(15(21)22-2)9-10-3-5-12(6-4-10)18-14(20)13-7-11(16)8-17-13/h3-8,17H,9H2,1-2H3,(H,18,20). The number of rotatable bonds is 4. The van der Waals surface area contributed by atoms with Crippen LogP contribution in [0.2, 0.25) is 5.02 Å². The molecule has 1 heterocycles. The van der Waals surface area contributed by atoms with Crippen LogP contribution in [-0.2, 0) is 11.3 Å². The van der Waals surface area contributed by atoms with Gasteiger partial charge in [-0.1, -0.05) is 23.7 Å². The quantitative estimate of drug-likeness (QED) is 0.908. The highest BCUT2D eigenvalue weighted by Crippen LogP contribution is 2.14. The van der Waals surface area contributed by atoms with Crippen LogP contribution in [0.5, 0.6) is 0 Å². The van der Waals surface area contributed by atoms with Gasteiger partial charge < -0.3 is 19.9 Å². The van der Waals surface area contributed by atoms with E-state index < -0.39 is 6.09 Å². The van der Waals surface area contributed by atoms with Crippen LogP contribution in [0.3, 0.4) is 0 Å². The maximum Gasteiger partial charge on any atom is 0.409 e. The maximum atomic E-state index is 11.9. The highest BCUT2D eigenvalue weighted by molar-refractivity contribution is 6.31. The predicted molar refractivity (Wildman–Crippen MR) is 84.1 cm³/mol. The summed E-state index contributed by atoms with van der Waals surface area (Å²) in [5, 5.41) is 3.23. The minimum absolute atomic E-state index is 0.272. The van der Waals surface area contributed by atoms with Crippen molar-refractivity contribution < 1.29 is 14.3 Å². The molecule has 0 aliphatic heterocycles. The second-order valence-corrected chi connectivity index (χ2v) is 5.15. The van der Waals surface area contributed by atoms with E-state index in [0.717, 1.165) is 5.56 Å². The van der Waals surface area contributed by atoms with E-state index in [0.29, 0.717) is 22.9 Å². The van der Waals surface area contributed by atoms with Crippen molar-refractivity contribution in [2.45, 2.75) is 6.54 Å². The van der Waals surface area contributed by atoms with Crippen molar-refractivity contribution in [3.05, 3.63) is 52.8 Å². The molecule has 0 saturated carbocycles. The van der Waals surface area contributed by atoms with E-state index in [-0.39, 0.29) is 5.91 Å². The minimum atomic E-state index is -0.402. The van der Waals surface area contributed by atoms with Gasteiger partial charge in [0.05, 0.1) is 12.1 Å². The molecule has 0 unspecified atom stereocenters. The van der Waals surface area contributed by atoms with E-state index in [1.807, 2.05) is 12.1 Å². The number of hydrogen-bond donors (Lipinski definition) is 2. The van der Waals surface area contributed by atoms with Crippen LogP contribution in [-0.4, -0.2) is 36.0 Å². The summed E-state index contributed by atoms with van der Waals surface area (Å²) in [6, 6.07) is 8.75. The number of aromatic nitrogens is 1. The number of nitrogens with zero attached hydrogens (tertiary/aromatic N) is 1. The fourth-order valence-electron chi connectivity index (χ4n) is 1.89. The summed E-state index contributed by atoms with van der Waals surface area (Å²) >= 11 is 5.76. The van der Waals surface area contributed by atoms with Gasteiger partial charge in [-0.25, -0.2) is 4.79 Å². The number of carbonyl (C=O) groups excluding carboxylic acids is 2. The Morgan fingerprint density at radius 3 is 2.55 bits per heavy atom. The van der Waals surface area contributed by atoms with Crippen molar-refractivity contribution >= 4 is 29.3 Å². The first kappa shape index (κ1) is 15.9. The minimum Gasteiger partial charge on any atom is -0.453 e. The maximum absolute atomic E-state index is 11.9. The second-order valence-electron chi connectivity index (χ2n) is 4.71. The third-order valence-corrected chi connectivity index (χ3v) is 3.23. The number of amides is 2. The molecule has 2 aromatic rings. The van der Waals surface area contributed by atoms with Crippen molar-refractivity contribution in [1.29, 1.82) is 0 Å². The number of anilines is 1. The van der Waals surface area contributed by atoms with Crippen LogP contribution in [0.4, 0.5) is 10.5 Å². The average molecular weight is 322 g/mol. The van der Waals surface area contributed by atoms with Gasteiger partial charge in [-0.05, 0) is 23.8 Å². The Morgan fingerprint density at radius 1 is 1.32 bits per heavy atom. The lowest BCUT2D eigenvalue weighted by molar-refractivity contribution is 0.102. The molecule has 0 bridgehead atoms. The summed E-state index contributed by atoms with van der Waals surface area (Å²) in [4.78, 5) is 27.5. The molecule has 0 spiro atoms. The van der Waals surface area contributed by atoms with Gasteiger partial charge in [0.25, 0.3) is 5.91 Å². The summed E-state index contributed by atoms with van der Waals surface area (Å²) in [6.45, 7) is 0.424. The van der Waals surface area contributed by atoms with E-state index in [2.05, 4.69) is 15.0 Å². The third-order valence-electron chi connectivity index (χ3n) is 3.01. The molecule has 6 nitrogen and oxygen atoms in total. The van der Waals surface area contributed by atoms with Crippen molar-refractivity contribution in [3.63, 3.8) is 0 Å². The van der Waals surface area contributed by atoms with Gasteiger partial charge in [0.2, 0.25) is 0 Å². The summed E-state index contributed by atoms with van der Waals surface area (Å²) < 4.78 is 4.63.